The average Bonchev–Trinajstić information content (AvgIpc) is 2.46. The number of rotatable bonds is 4. The van der Waals surface area contributed by atoms with Gasteiger partial charge in [0.25, 0.3) is 0 Å². The lowest BCUT2D eigenvalue weighted by Crippen LogP contribution is -2.34. The summed E-state index contributed by atoms with van der Waals surface area (Å²) in [6, 6.07) is 15.3. The molecule has 2 rings (SSSR count). The molecular weight excluding hydrogens is 311 g/mol. The molecule has 2 N–H and O–H groups in total. The molecule has 2 aromatic carbocycles. The summed E-state index contributed by atoms with van der Waals surface area (Å²) in [5.74, 6) is 0. The summed E-state index contributed by atoms with van der Waals surface area (Å²) in [5.41, 5.74) is 2.14. The van der Waals surface area contributed by atoms with Crippen LogP contribution in [0.5, 0.6) is 0 Å². The Bertz CT molecular complexity index is 585. The molecule has 0 fully saturated rings. The van der Waals surface area contributed by atoms with E-state index in [1.54, 1.807) is 0 Å². The molecule has 0 saturated carbocycles. The van der Waals surface area contributed by atoms with E-state index >= 15 is 0 Å². The number of benzene rings is 2. The Morgan fingerprint density at radius 3 is 2.25 bits per heavy atom. The van der Waals surface area contributed by atoms with Gasteiger partial charge in [0.2, 0.25) is 0 Å². The van der Waals surface area contributed by atoms with Gasteiger partial charge in [-0.3, -0.25) is 0 Å². The van der Waals surface area contributed by atoms with E-state index in [0.717, 1.165) is 21.2 Å². The third-order valence-electron chi connectivity index (χ3n) is 2.76. The van der Waals surface area contributed by atoms with Crippen molar-refractivity contribution in [3.63, 3.8) is 0 Å². The maximum Gasteiger partial charge on any atom is 0.166 e. The molecule has 0 unspecified atom stereocenters. The van der Waals surface area contributed by atoms with Gasteiger partial charge in [0, 0.05) is 23.1 Å². The highest BCUT2D eigenvalue weighted by Crippen LogP contribution is 2.14. The van der Waals surface area contributed by atoms with Crippen LogP contribution in [0.4, 0.5) is 0 Å². The van der Waals surface area contributed by atoms with Crippen LogP contribution in [-0.2, 0) is 13.1 Å². The second kappa shape index (κ2) is 7.48. The molecule has 0 aromatic heterocycles. The fourth-order valence-electron chi connectivity index (χ4n) is 1.66. The van der Waals surface area contributed by atoms with E-state index in [1.165, 1.54) is 0 Å². The Labute approximate surface area is 134 Å². The third kappa shape index (κ3) is 4.67. The van der Waals surface area contributed by atoms with Crippen LogP contribution in [-0.4, -0.2) is 5.11 Å². The van der Waals surface area contributed by atoms with Gasteiger partial charge in [0.05, 0.1) is 0 Å². The molecule has 0 radical (unpaired) electrons. The maximum atomic E-state index is 6.08. The van der Waals surface area contributed by atoms with E-state index in [9.17, 15) is 0 Å². The van der Waals surface area contributed by atoms with Crippen LogP contribution in [0.1, 0.15) is 11.1 Å². The Morgan fingerprint density at radius 2 is 1.55 bits per heavy atom. The molecular formula is C15H14Cl2N2S. The van der Waals surface area contributed by atoms with Crippen LogP contribution in [0.15, 0.2) is 48.5 Å². The van der Waals surface area contributed by atoms with Gasteiger partial charge in [0.15, 0.2) is 5.11 Å². The van der Waals surface area contributed by atoms with Crippen molar-refractivity contribution in [2.75, 3.05) is 0 Å². The monoisotopic (exact) mass is 324 g/mol. The van der Waals surface area contributed by atoms with Crippen LogP contribution in [0.25, 0.3) is 0 Å². The van der Waals surface area contributed by atoms with E-state index in [1.807, 2.05) is 48.5 Å². The lowest BCUT2D eigenvalue weighted by molar-refractivity contribution is 0.833. The summed E-state index contributed by atoms with van der Waals surface area (Å²) in [7, 11) is 0. The Balaban J connectivity index is 1.78. The summed E-state index contributed by atoms with van der Waals surface area (Å²) in [5, 5.41) is 8.34. The predicted octanol–water partition coefficient (Wildman–Crippen LogP) is 4.16. The van der Waals surface area contributed by atoms with Gasteiger partial charge < -0.3 is 10.6 Å². The third-order valence-corrected chi connectivity index (χ3v) is 3.67. The Kier molecular flexibility index (Phi) is 5.65. The molecule has 0 bridgehead atoms. The number of thiocarbonyl (C=S) groups is 1. The van der Waals surface area contributed by atoms with Crippen LogP contribution in [0.3, 0.4) is 0 Å². The molecule has 0 spiro atoms. The molecule has 0 aliphatic heterocycles. The lowest BCUT2D eigenvalue weighted by Gasteiger charge is -2.11. The fourth-order valence-corrected chi connectivity index (χ4v) is 2.14. The first-order chi connectivity index (χ1) is 9.65. The minimum Gasteiger partial charge on any atom is -0.359 e. The quantitative estimate of drug-likeness (QED) is 0.826. The van der Waals surface area contributed by atoms with E-state index in [2.05, 4.69) is 10.6 Å². The average molecular weight is 325 g/mol. The summed E-state index contributed by atoms with van der Waals surface area (Å²) in [6.45, 7) is 1.26. The van der Waals surface area contributed by atoms with Crippen LogP contribution >= 0.6 is 35.4 Å². The Morgan fingerprint density at radius 1 is 0.900 bits per heavy atom. The van der Waals surface area contributed by atoms with Crippen molar-refractivity contribution in [3.05, 3.63) is 69.7 Å². The van der Waals surface area contributed by atoms with Gasteiger partial charge in [-0.15, -0.1) is 0 Å². The maximum absolute atomic E-state index is 6.08. The minimum absolute atomic E-state index is 0.597. The molecule has 2 aromatic rings. The first kappa shape index (κ1) is 15.1. The van der Waals surface area contributed by atoms with Crippen LogP contribution in [0.2, 0.25) is 10.0 Å². The highest BCUT2D eigenvalue weighted by molar-refractivity contribution is 7.80. The predicted molar refractivity (Wildman–Crippen MR) is 89.2 cm³/mol. The molecule has 0 saturated heterocycles. The first-order valence-electron chi connectivity index (χ1n) is 6.15. The van der Waals surface area contributed by atoms with Gasteiger partial charge in [-0.25, -0.2) is 0 Å². The van der Waals surface area contributed by atoms with Crippen molar-refractivity contribution < 1.29 is 0 Å². The molecule has 0 heterocycles. The zero-order valence-electron chi connectivity index (χ0n) is 10.7. The van der Waals surface area contributed by atoms with E-state index in [0.29, 0.717) is 18.2 Å². The van der Waals surface area contributed by atoms with E-state index < -0.39 is 0 Å². The van der Waals surface area contributed by atoms with Crippen molar-refractivity contribution in [2.24, 2.45) is 0 Å². The largest absolute Gasteiger partial charge is 0.359 e. The van der Waals surface area contributed by atoms with Gasteiger partial charge in [0.1, 0.15) is 0 Å². The normalized spacial score (nSPS) is 10.1. The molecule has 104 valence electrons. The molecule has 2 nitrogen and oxygen atoms in total. The van der Waals surface area contributed by atoms with Gasteiger partial charge >= 0.3 is 0 Å². The van der Waals surface area contributed by atoms with Gasteiger partial charge in [-0.2, -0.15) is 0 Å². The zero-order valence-corrected chi connectivity index (χ0v) is 13.0. The fraction of sp³-hybridized carbons (Fsp3) is 0.133. The number of hydrogen-bond acceptors (Lipinski definition) is 1. The molecule has 5 heteroatoms. The van der Waals surface area contributed by atoms with Crippen LogP contribution in [0, 0.1) is 0 Å². The van der Waals surface area contributed by atoms with Crippen LogP contribution < -0.4 is 10.6 Å². The topological polar surface area (TPSA) is 24.1 Å². The second-order valence-corrected chi connectivity index (χ2v) is 5.51. The highest BCUT2D eigenvalue weighted by atomic mass is 35.5. The smallest absolute Gasteiger partial charge is 0.166 e. The van der Waals surface area contributed by atoms with Crippen molar-refractivity contribution in [1.82, 2.24) is 10.6 Å². The highest BCUT2D eigenvalue weighted by Gasteiger charge is 2.00. The summed E-state index contributed by atoms with van der Waals surface area (Å²) in [6.07, 6.45) is 0. The standard InChI is InChI=1S/C15H14Cl2N2S/c16-13-7-5-11(6-8-13)9-18-15(20)19-10-12-3-1-2-4-14(12)17/h1-8H,9-10H2,(H2,18,19,20). The summed E-state index contributed by atoms with van der Waals surface area (Å²) in [4.78, 5) is 0. The molecule has 20 heavy (non-hydrogen) atoms. The van der Waals surface area contributed by atoms with E-state index in [4.69, 9.17) is 35.4 Å². The molecule has 0 amide bonds. The minimum atomic E-state index is 0.597. The van der Waals surface area contributed by atoms with Crippen molar-refractivity contribution in [2.45, 2.75) is 13.1 Å². The van der Waals surface area contributed by atoms with Crippen molar-refractivity contribution in [1.29, 1.82) is 0 Å². The van der Waals surface area contributed by atoms with Crippen molar-refractivity contribution >= 4 is 40.5 Å². The Hall–Kier alpha value is -1.29. The zero-order chi connectivity index (χ0) is 14.4. The molecule has 0 aliphatic carbocycles. The SMILES string of the molecule is S=C(NCc1ccc(Cl)cc1)NCc1ccccc1Cl. The number of hydrogen-bond donors (Lipinski definition) is 2. The lowest BCUT2D eigenvalue weighted by atomic mass is 10.2. The first-order valence-corrected chi connectivity index (χ1v) is 7.31. The number of halogens is 2. The molecule has 0 aliphatic rings. The number of nitrogens with one attached hydrogen (secondary N) is 2. The van der Waals surface area contributed by atoms with Gasteiger partial charge in [-0.05, 0) is 41.5 Å². The van der Waals surface area contributed by atoms with Gasteiger partial charge in [-0.1, -0.05) is 53.5 Å². The summed E-state index contributed by atoms with van der Waals surface area (Å²) >= 11 is 17.1. The summed E-state index contributed by atoms with van der Waals surface area (Å²) < 4.78 is 0. The second-order valence-electron chi connectivity index (χ2n) is 4.25. The molecule has 0 atom stereocenters. The van der Waals surface area contributed by atoms with E-state index in [-0.39, 0.29) is 0 Å². The van der Waals surface area contributed by atoms with Crippen molar-refractivity contribution in [3.8, 4) is 0 Å².